The van der Waals surface area contributed by atoms with Crippen molar-refractivity contribution in [2.24, 2.45) is 0 Å². The van der Waals surface area contributed by atoms with Gasteiger partial charge in [0, 0.05) is 0 Å². The van der Waals surface area contributed by atoms with Gasteiger partial charge >= 0.3 is 189 Å². The topological polar surface area (TPSA) is 25.8 Å². The SMILES string of the molecule is Cc1c(CCC(F)F)sc2c1sc1c(-c3c[c]([Ge]([CH3])([CH3])[CH3])c4ccccc4c3)ncnc12. The zero-order valence-electron chi connectivity index (χ0n) is 18.5. The number of thiophene rings is 2. The molecule has 164 valence electrons. The molecule has 3 heterocycles. The number of hydrogen-bond donors (Lipinski definition) is 0. The first-order valence-electron chi connectivity index (χ1n) is 10.7. The van der Waals surface area contributed by atoms with Crippen molar-refractivity contribution in [3.8, 4) is 11.3 Å². The molecule has 0 fully saturated rings. The van der Waals surface area contributed by atoms with Crippen LogP contribution in [0.5, 0.6) is 0 Å². The number of aryl methyl sites for hydroxylation is 2. The van der Waals surface area contributed by atoms with Gasteiger partial charge in [-0.25, -0.2) is 8.78 Å². The Morgan fingerprint density at radius 2 is 1.75 bits per heavy atom. The molecule has 3 aromatic heterocycles. The van der Waals surface area contributed by atoms with Crippen molar-refractivity contribution >= 4 is 70.7 Å². The van der Waals surface area contributed by atoms with E-state index in [4.69, 9.17) is 4.98 Å². The van der Waals surface area contributed by atoms with Crippen molar-refractivity contribution in [1.29, 1.82) is 0 Å². The fourth-order valence-corrected chi connectivity index (χ4v) is 10.5. The van der Waals surface area contributed by atoms with Gasteiger partial charge in [-0.2, -0.15) is 0 Å². The third-order valence-corrected chi connectivity index (χ3v) is 13.0. The molecule has 0 unspecified atom stereocenters. The monoisotopic (exact) mass is 528 g/mol. The van der Waals surface area contributed by atoms with E-state index in [1.54, 1.807) is 29.0 Å². The molecule has 0 amide bonds. The summed E-state index contributed by atoms with van der Waals surface area (Å²) in [5.74, 6) is 7.27. The Morgan fingerprint density at radius 3 is 2.50 bits per heavy atom. The second-order valence-electron chi connectivity index (χ2n) is 9.24. The first kappa shape index (κ1) is 21.9. The van der Waals surface area contributed by atoms with Crippen molar-refractivity contribution in [3.05, 3.63) is 53.2 Å². The zero-order chi connectivity index (χ0) is 22.6. The number of benzene rings is 2. The van der Waals surface area contributed by atoms with Crippen LogP contribution in [0.1, 0.15) is 16.9 Å². The average molecular weight is 527 g/mol. The molecular formula is C25H24F2GeN2S2. The van der Waals surface area contributed by atoms with Crippen molar-refractivity contribution < 1.29 is 8.78 Å². The summed E-state index contributed by atoms with van der Waals surface area (Å²) in [7, 11) is 0. The molecule has 7 heteroatoms. The molecule has 0 radical (unpaired) electrons. The second kappa shape index (κ2) is 8.15. The fraction of sp³-hybridized carbons (Fsp3) is 0.280. The summed E-state index contributed by atoms with van der Waals surface area (Å²) >= 11 is 1.17. The summed E-state index contributed by atoms with van der Waals surface area (Å²) in [6.07, 6.45) is -0.300. The van der Waals surface area contributed by atoms with E-state index >= 15 is 0 Å². The fourth-order valence-electron chi connectivity index (χ4n) is 4.31. The van der Waals surface area contributed by atoms with Crippen LogP contribution >= 0.6 is 22.7 Å². The minimum absolute atomic E-state index is 0.0926. The van der Waals surface area contributed by atoms with Gasteiger partial charge in [-0.05, 0) is 0 Å². The van der Waals surface area contributed by atoms with Crippen LogP contribution in [-0.4, -0.2) is 29.7 Å². The van der Waals surface area contributed by atoms with Crippen molar-refractivity contribution in [1.82, 2.24) is 9.97 Å². The third kappa shape index (κ3) is 3.76. The van der Waals surface area contributed by atoms with Crippen molar-refractivity contribution in [3.63, 3.8) is 0 Å². The molecule has 0 bridgehead atoms. The second-order valence-corrected chi connectivity index (χ2v) is 21.9. The Kier molecular flexibility index (Phi) is 5.58. The van der Waals surface area contributed by atoms with Gasteiger partial charge in [-0.3, -0.25) is 0 Å². The molecule has 2 aromatic carbocycles. The predicted molar refractivity (Wildman–Crippen MR) is 138 cm³/mol. The Morgan fingerprint density at radius 1 is 0.969 bits per heavy atom. The number of rotatable bonds is 5. The molecular weight excluding hydrogens is 503 g/mol. The molecule has 0 N–H and O–H groups in total. The van der Waals surface area contributed by atoms with Gasteiger partial charge in [-0.15, -0.1) is 0 Å². The van der Waals surface area contributed by atoms with Crippen LogP contribution in [-0.2, 0) is 6.42 Å². The number of fused-ring (bicyclic) bond motifs is 4. The van der Waals surface area contributed by atoms with Gasteiger partial charge in [0.2, 0.25) is 0 Å². The number of aromatic nitrogens is 2. The van der Waals surface area contributed by atoms with Gasteiger partial charge < -0.3 is 0 Å². The Balaban J connectivity index is 1.72. The van der Waals surface area contributed by atoms with Crippen LogP contribution in [0.15, 0.2) is 42.7 Å². The number of alkyl halides is 2. The van der Waals surface area contributed by atoms with E-state index in [9.17, 15) is 8.78 Å². The Hall–Kier alpha value is -1.90. The van der Waals surface area contributed by atoms with E-state index in [2.05, 4.69) is 58.7 Å². The minimum atomic E-state index is -2.27. The van der Waals surface area contributed by atoms with Gasteiger partial charge in [0.15, 0.2) is 0 Å². The molecule has 2 nitrogen and oxygen atoms in total. The van der Waals surface area contributed by atoms with Crippen LogP contribution in [0.3, 0.4) is 0 Å². The number of hydrogen-bond acceptors (Lipinski definition) is 4. The van der Waals surface area contributed by atoms with Crippen molar-refractivity contribution in [2.45, 2.75) is 43.5 Å². The molecule has 32 heavy (non-hydrogen) atoms. The molecule has 0 aliphatic heterocycles. The predicted octanol–water partition coefficient (Wildman–Crippen LogP) is 7.78. The Bertz CT molecular complexity index is 1460. The maximum absolute atomic E-state index is 12.7. The van der Waals surface area contributed by atoms with Crippen LogP contribution < -0.4 is 4.40 Å². The van der Waals surface area contributed by atoms with E-state index in [1.807, 2.05) is 6.92 Å². The van der Waals surface area contributed by atoms with E-state index in [1.165, 1.54) is 15.2 Å². The van der Waals surface area contributed by atoms with E-state index in [0.29, 0.717) is 6.42 Å². The van der Waals surface area contributed by atoms with Crippen LogP contribution in [0.4, 0.5) is 8.78 Å². The van der Waals surface area contributed by atoms with Gasteiger partial charge in [-0.1, -0.05) is 0 Å². The molecule has 0 saturated carbocycles. The normalized spacial score (nSPS) is 12.6. The van der Waals surface area contributed by atoms with E-state index in [0.717, 1.165) is 41.3 Å². The molecule has 0 aliphatic rings. The summed E-state index contributed by atoms with van der Waals surface area (Å²) in [4.78, 5) is 10.4. The van der Waals surface area contributed by atoms with Gasteiger partial charge in [0.25, 0.3) is 0 Å². The quantitative estimate of drug-likeness (QED) is 0.218. The summed E-state index contributed by atoms with van der Waals surface area (Å²) in [6, 6.07) is 13.2. The van der Waals surface area contributed by atoms with Crippen LogP contribution in [0.2, 0.25) is 17.3 Å². The van der Waals surface area contributed by atoms with Gasteiger partial charge in [0.1, 0.15) is 0 Å². The molecule has 5 aromatic rings. The molecule has 0 spiro atoms. The Labute approximate surface area is 196 Å². The molecule has 0 aliphatic carbocycles. The first-order valence-corrected chi connectivity index (χ1v) is 19.7. The first-order chi connectivity index (χ1) is 15.2. The maximum atomic E-state index is 12.7. The van der Waals surface area contributed by atoms with E-state index < -0.39 is 19.7 Å². The number of halogens is 2. The zero-order valence-corrected chi connectivity index (χ0v) is 22.2. The summed E-state index contributed by atoms with van der Waals surface area (Å²) in [5.41, 5.74) is 4.16. The standard InChI is InChI=1S/C25H24F2GeN2S2/c1-14-19(9-10-20(26)27)31-25-22-24(32-23(14)25)21(29-13-30-22)16-11-15-7-5-6-8-17(15)18(12-16)28(2,3)4/h5-8,11-13,20H,9-10H2,1-4H3. The average Bonchev–Trinajstić information content (AvgIpc) is 3.27. The molecule has 0 saturated heterocycles. The number of nitrogens with zero attached hydrogens (tertiary/aromatic N) is 2. The van der Waals surface area contributed by atoms with Gasteiger partial charge in [0.05, 0.1) is 0 Å². The van der Waals surface area contributed by atoms with Crippen LogP contribution in [0, 0.1) is 6.92 Å². The molecule has 5 rings (SSSR count). The third-order valence-electron chi connectivity index (χ3n) is 5.95. The summed E-state index contributed by atoms with van der Waals surface area (Å²) in [6.45, 7) is 2.05. The molecule has 0 atom stereocenters. The van der Waals surface area contributed by atoms with Crippen molar-refractivity contribution in [2.75, 3.05) is 0 Å². The summed E-state index contributed by atoms with van der Waals surface area (Å²) < 4.78 is 30.3. The van der Waals surface area contributed by atoms with E-state index in [-0.39, 0.29) is 6.42 Å². The van der Waals surface area contributed by atoms with Crippen LogP contribution in [0.25, 0.3) is 41.6 Å². The summed E-state index contributed by atoms with van der Waals surface area (Å²) in [5, 5.41) is 2.59.